The Morgan fingerprint density at radius 2 is 1.77 bits per heavy atom. The normalized spacial score (nSPS) is 10.8. The van der Waals surface area contributed by atoms with Crippen LogP contribution in [0.2, 0.25) is 0 Å². The van der Waals surface area contributed by atoms with Crippen LogP contribution in [0.15, 0.2) is 36.5 Å². The Bertz CT molecular complexity index is 851. The van der Waals surface area contributed by atoms with Crippen molar-refractivity contribution < 1.29 is 19.8 Å². The lowest BCUT2D eigenvalue weighted by molar-refractivity contribution is 0.101. The molecule has 3 N–H and O–H groups in total. The maximum absolute atomic E-state index is 12.9. The molecule has 0 spiro atoms. The quantitative estimate of drug-likeness (QED) is 0.312. The lowest BCUT2D eigenvalue weighted by Crippen LogP contribution is -2.37. The molecule has 8 heteroatoms. The number of anilines is 1. The molecular weight excluding hydrogens is 384 g/mol. The van der Waals surface area contributed by atoms with Gasteiger partial charge in [-0.1, -0.05) is 19.9 Å². The lowest BCUT2D eigenvalue weighted by Gasteiger charge is -2.25. The zero-order valence-corrected chi connectivity index (χ0v) is 17.8. The van der Waals surface area contributed by atoms with Crippen molar-refractivity contribution in [3.05, 3.63) is 47.8 Å². The summed E-state index contributed by atoms with van der Waals surface area (Å²) in [5, 5.41) is 21.9. The summed E-state index contributed by atoms with van der Waals surface area (Å²) in [5.41, 5.74) is 1.58. The Balaban J connectivity index is 2.11. The monoisotopic (exact) mass is 414 g/mol. The number of pyridine rings is 1. The van der Waals surface area contributed by atoms with Gasteiger partial charge < -0.3 is 25.3 Å². The van der Waals surface area contributed by atoms with E-state index in [4.69, 9.17) is 0 Å². The number of nitrogens with one attached hydrogen (secondary N) is 1. The molecule has 0 bridgehead atoms. The number of hydrogen-bond acceptors (Lipinski definition) is 6. The minimum Gasteiger partial charge on any atom is -0.504 e. The number of rotatable bonds is 10. The van der Waals surface area contributed by atoms with Crippen LogP contribution in [-0.2, 0) is 6.54 Å². The van der Waals surface area contributed by atoms with Crippen LogP contribution in [0.4, 0.5) is 10.5 Å². The summed E-state index contributed by atoms with van der Waals surface area (Å²) < 4.78 is 0. The van der Waals surface area contributed by atoms with Crippen LogP contribution in [0.5, 0.6) is 11.5 Å². The van der Waals surface area contributed by atoms with Crippen LogP contribution in [0.1, 0.15) is 43.2 Å². The fourth-order valence-electron chi connectivity index (χ4n) is 3.03. The number of phenols is 2. The largest absolute Gasteiger partial charge is 0.504 e. The number of benzene rings is 1. The molecule has 2 aromatic rings. The highest BCUT2D eigenvalue weighted by Crippen LogP contribution is 2.27. The molecule has 0 radical (unpaired) electrons. The zero-order chi connectivity index (χ0) is 22.1. The molecule has 0 saturated carbocycles. The summed E-state index contributed by atoms with van der Waals surface area (Å²) >= 11 is 0. The molecular formula is C22H30N4O4. The second-order valence-electron chi connectivity index (χ2n) is 7.04. The number of nitrogens with zero attached hydrogens (tertiary/aromatic N) is 3. The summed E-state index contributed by atoms with van der Waals surface area (Å²) in [6.45, 7) is 9.30. The maximum atomic E-state index is 12.9. The fourth-order valence-corrected chi connectivity index (χ4v) is 3.03. The summed E-state index contributed by atoms with van der Waals surface area (Å²) in [6, 6.07) is 7.26. The number of carbonyl (C=O) groups is 2. The highest BCUT2D eigenvalue weighted by Gasteiger charge is 2.16. The van der Waals surface area contributed by atoms with Crippen molar-refractivity contribution in [1.29, 1.82) is 0 Å². The van der Waals surface area contributed by atoms with E-state index in [0.29, 0.717) is 24.5 Å². The molecule has 0 fully saturated rings. The van der Waals surface area contributed by atoms with Crippen LogP contribution in [0.3, 0.4) is 0 Å². The first-order chi connectivity index (χ1) is 14.3. The number of Topliss-reactive ketones (excluding diaryl/α,β-unsaturated/α-hetero) is 1. The predicted molar refractivity (Wildman–Crippen MR) is 116 cm³/mol. The van der Waals surface area contributed by atoms with E-state index in [1.165, 1.54) is 25.1 Å². The smallest absolute Gasteiger partial charge is 0.322 e. The van der Waals surface area contributed by atoms with Gasteiger partial charge in [-0.05, 0) is 49.8 Å². The van der Waals surface area contributed by atoms with Crippen molar-refractivity contribution in [2.45, 2.75) is 33.7 Å². The first-order valence-corrected chi connectivity index (χ1v) is 10.1. The van der Waals surface area contributed by atoms with Gasteiger partial charge in [0.25, 0.3) is 0 Å². The molecule has 0 saturated heterocycles. The van der Waals surface area contributed by atoms with Gasteiger partial charge in [-0.25, -0.2) is 4.79 Å². The van der Waals surface area contributed by atoms with Gasteiger partial charge in [0.1, 0.15) is 5.69 Å². The lowest BCUT2D eigenvalue weighted by atomic mass is 10.2. The molecule has 1 heterocycles. The summed E-state index contributed by atoms with van der Waals surface area (Å²) in [6.07, 6.45) is 2.41. The number of phenolic OH excluding ortho intramolecular Hbond substituents is 2. The van der Waals surface area contributed by atoms with Gasteiger partial charge in [0.2, 0.25) is 0 Å². The molecule has 0 atom stereocenters. The van der Waals surface area contributed by atoms with E-state index in [9.17, 15) is 19.8 Å². The van der Waals surface area contributed by atoms with E-state index in [1.54, 1.807) is 23.2 Å². The Hall–Kier alpha value is -3.13. The number of hydrogen-bond donors (Lipinski definition) is 3. The van der Waals surface area contributed by atoms with Crippen molar-refractivity contribution in [2.24, 2.45) is 0 Å². The summed E-state index contributed by atoms with van der Waals surface area (Å²) in [4.78, 5) is 32.4. The molecule has 30 heavy (non-hydrogen) atoms. The van der Waals surface area contributed by atoms with Gasteiger partial charge in [-0.2, -0.15) is 0 Å². The molecule has 1 aromatic carbocycles. The van der Waals surface area contributed by atoms with Crippen LogP contribution in [0, 0.1) is 0 Å². The number of urea groups is 1. The number of amides is 2. The minimum absolute atomic E-state index is 0.109. The van der Waals surface area contributed by atoms with Gasteiger partial charge >= 0.3 is 6.03 Å². The fraction of sp³-hybridized carbons (Fsp3) is 0.409. The van der Waals surface area contributed by atoms with E-state index in [0.717, 1.165) is 31.6 Å². The predicted octanol–water partition coefficient (Wildman–Crippen LogP) is 3.46. The molecule has 0 unspecified atom stereocenters. The Labute approximate surface area is 177 Å². The SMILES string of the molecule is CCN(CC)CCCN(Cc1ccc(C(C)=O)nc1)C(=O)Nc1ccc(O)c(O)c1. The average Bonchev–Trinajstić information content (AvgIpc) is 2.73. The van der Waals surface area contributed by atoms with Gasteiger partial charge in [0.15, 0.2) is 17.3 Å². The third-order valence-corrected chi connectivity index (χ3v) is 4.87. The molecule has 2 amide bonds. The van der Waals surface area contributed by atoms with Crippen LogP contribution in [0.25, 0.3) is 0 Å². The van der Waals surface area contributed by atoms with Crippen molar-refractivity contribution >= 4 is 17.5 Å². The van der Waals surface area contributed by atoms with Crippen molar-refractivity contribution in [1.82, 2.24) is 14.8 Å². The van der Waals surface area contributed by atoms with E-state index in [1.807, 2.05) is 0 Å². The second kappa shape index (κ2) is 11.2. The first kappa shape index (κ1) is 23.2. The molecule has 0 aliphatic carbocycles. The Morgan fingerprint density at radius 1 is 1.03 bits per heavy atom. The summed E-state index contributed by atoms with van der Waals surface area (Å²) in [5.74, 6) is -0.659. The minimum atomic E-state index is -0.324. The molecule has 162 valence electrons. The zero-order valence-electron chi connectivity index (χ0n) is 17.8. The van der Waals surface area contributed by atoms with Crippen LogP contribution >= 0.6 is 0 Å². The van der Waals surface area contributed by atoms with Crippen molar-refractivity contribution in [3.63, 3.8) is 0 Å². The van der Waals surface area contributed by atoms with Gasteiger partial charge in [-0.15, -0.1) is 0 Å². The number of aromatic nitrogens is 1. The second-order valence-corrected chi connectivity index (χ2v) is 7.04. The highest BCUT2D eigenvalue weighted by molar-refractivity contribution is 5.92. The first-order valence-electron chi connectivity index (χ1n) is 10.1. The van der Waals surface area contributed by atoms with Gasteiger partial charge in [0, 0.05) is 38.0 Å². The third-order valence-electron chi connectivity index (χ3n) is 4.87. The topological polar surface area (TPSA) is 106 Å². The van der Waals surface area contributed by atoms with Crippen LogP contribution < -0.4 is 5.32 Å². The number of carbonyl (C=O) groups excluding carboxylic acids is 2. The van der Waals surface area contributed by atoms with Crippen molar-refractivity contribution in [3.8, 4) is 11.5 Å². The van der Waals surface area contributed by atoms with Gasteiger partial charge in [0.05, 0.1) is 0 Å². The van der Waals surface area contributed by atoms with Crippen LogP contribution in [-0.4, -0.2) is 63.0 Å². The van der Waals surface area contributed by atoms with Crippen molar-refractivity contribution in [2.75, 3.05) is 31.5 Å². The average molecular weight is 415 g/mol. The number of ketones is 1. The van der Waals surface area contributed by atoms with E-state index in [-0.39, 0.29) is 23.3 Å². The molecule has 0 aliphatic heterocycles. The van der Waals surface area contributed by atoms with E-state index >= 15 is 0 Å². The molecule has 2 rings (SSSR count). The highest BCUT2D eigenvalue weighted by atomic mass is 16.3. The Morgan fingerprint density at radius 3 is 2.33 bits per heavy atom. The maximum Gasteiger partial charge on any atom is 0.322 e. The van der Waals surface area contributed by atoms with Gasteiger partial charge in [-0.3, -0.25) is 9.78 Å². The number of aromatic hydroxyl groups is 2. The standard InChI is InChI=1S/C22H30N4O4/c1-4-25(5-2)11-6-12-26(15-17-7-9-19(16(3)27)23-14-17)22(30)24-18-8-10-20(28)21(29)13-18/h7-10,13-14,28-29H,4-6,11-12,15H2,1-3H3,(H,24,30). The summed E-state index contributed by atoms with van der Waals surface area (Å²) in [7, 11) is 0. The molecule has 8 nitrogen and oxygen atoms in total. The third kappa shape index (κ3) is 6.73. The Kier molecular flexibility index (Phi) is 8.61. The molecule has 0 aliphatic rings. The van der Waals surface area contributed by atoms with E-state index < -0.39 is 0 Å². The van der Waals surface area contributed by atoms with E-state index in [2.05, 4.69) is 29.0 Å². The molecule has 1 aromatic heterocycles.